The molecule has 2 aromatic heterocycles. The summed E-state index contributed by atoms with van der Waals surface area (Å²) in [6.07, 6.45) is 4.94. The van der Waals surface area contributed by atoms with E-state index in [0.717, 1.165) is 28.6 Å². The number of aromatic nitrogens is 2. The zero-order valence-corrected chi connectivity index (χ0v) is 20.8. The molecule has 0 N–H and O–H groups in total. The van der Waals surface area contributed by atoms with E-state index in [1.54, 1.807) is 0 Å². The lowest BCUT2D eigenvalue weighted by Gasteiger charge is -2.22. The molecule has 0 atom stereocenters. The zero-order valence-electron chi connectivity index (χ0n) is 20.8. The maximum Gasteiger partial charge on any atom is 0.0716 e. The van der Waals surface area contributed by atoms with Crippen LogP contribution in [0.3, 0.4) is 0 Å². The Morgan fingerprint density at radius 1 is 0.794 bits per heavy atom. The molecule has 0 aliphatic rings. The molecule has 0 saturated heterocycles. The van der Waals surface area contributed by atoms with Gasteiger partial charge in [-0.05, 0) is 75.7 Å². The molecule has 2 heteroatoms. The molecule has 0 aliphatic heterocycles. The van der Waals surface area contributed by atoms with E-state index in [1.807, 2.05) is 12.4 Å². The first-order valence-corrected chi connectivity index (χ1v) is 12.2. The Hall–Kier alpha value is -3.52. The summed E-state index contributed by atoms with van der Waals surface area (Å²) >= 11 is 0. The SMILES string of the molecule is CC(C)Cc1ccc(-c2cc(-c3cc(C(C)(C)C)c4ccncc4c3)nc3ccccc23)cc1. The molecule has 0 saturated carbocycles. The monoisotopic (exact) mass is 444 g/mol. The Kier molecular flexibility index (Phi) is 5.69. The van der Waals surface area contributed by atoms with Crippen LogP contribution in [-0.4, -0.2) is 9.97 Å². The molecule has 5 aromatic rings. The van der Waals surface area contributed by atoms with Crippen LogP contribution >= 0.6 is 0 Å². The molecule has 0 unspecified atom stereocenters. The first-order chi connectivity index (χ1) is 16.3. The Balaban J connectivity index is 1.71. The molecule has 3 aromatic carbocycles. The predicted molar refractivity (Wildman–Crippen MR) is 145 cm³/mol. The van der Waals surface area contributed by atoms with Crippen LogP contribution < -0.4 is 0 Å². The van der Waals surface area contributed by atoms with Crippen molar-refractivity contribution < 1.29 is 0 Å². The fourth-order valence-electron chi connectivity index (χ4n) is 4.83. The number of rotatable bonds is 4. The van der Waals surface area contributed by atoms with E-state index in [4.69, 9.17) is 4.98 Å². The molecule has 0 aliphatic carbocycles. The van der Waals surface area contributed by atoms with Crippen molar-refractivity contribution >= 4 is 21.7 Å². The number of hydrogen-bond acceptors (Lipinski definition) is 2. The van der Waals surface area contributed by atoms with Gasteiger partial charge in [0, 0.05) is 28.7 Å². The highest BCUT2D eigenvalue weighted by Gasteiger charge is 2.19. The summed E-state index contributed by atoms with van der Waals surface area (Å²) < 4.78 is 0. The van der Waals surface area contributed by atoms with E-state index in [0.29, 0.717) is 5.92 Å². The summed E-state index contributed by atoms with van der Waals surface area (Å²) in [6, 6.07) is 26.4. The summed E-state index contributed by atoms with van der Waals surface area (Å²) in [5.41, 5.74) is 8.31. The Bertz CT molecular complexity index is 1470. The van der Waals surface area contributed by atoms with Gasteiger partial charge >= 0.3 is 0 Å². The molecule has 2 nitrogen and oxygen atoms in total. The summed E-state index contributed by atoms with van der Waals surface area (Å²) in [6.45, 7) is 11.3. The third kappa shape index (κ3) is 4.33. The molecule has 0 bridgehead atoms. The first-order valence-electron chi connectivity index (χ1n) is 12.2. The van der Waals surface area contributed by atoms with E-state index in [1.165, 1.54) is 33.0 Å². The molecule has 2 heterocycles. The van der Waals surface area contributed by atoms with Crippen molar-refractivity contribution in [3.63, 3.8) is 0 Å². The molecule has 5 rings (SSSR count). The maximum absolute atomic E-state index is 5.10. The second kappa shape index (κ2) is 8.68. The fraction of sp³-hybridized carbons (Fsp3) is 0.250. The van der Waals surface area contributed by atoms with Crippen LogP contribution in [0.5, 0.6) is 0 Å². The van der Waals surface area contributed by atoms with E-state index in [9.17, 15) is 0 Å². The van der Waals surface area contributed by atoms with Gasteiger partial charge in [-0.2, -0.15) is 0 Å². The van der Waals surface area contributed by atoms with Gasteiger partial charge in [-0.15, -0.1) is 0 Å². The largest absolute Gasteiger partial charge is 0.264 e. The minimum absolute atomic E-state index is 0.0154. The van der Waals surface area contributed by atoms with Crippen molar-refractivity contribution in [1.82, 2.24) is 9.97 Å². The minimum Gasteiger partial charge on any atom is -0.264 e. The number of para-hydroxylation sites is 1. The highest BCUT2D eigenvalue weighted by atomic mass is 14.7. The summed E-state index contributed by atoms with van der Waals surface area (Å²) in [5.74, 6) is 0.651. The van der Waals surface area contributed by atoms with E-state index >= 15 is 0 Å². The molecular weight excluding hydrogens is 412 g/mol. The third-order valence-electron chi connectivity index (χ3n) is 6.48. The Morgan fingerprint density at radius 2 is 1.56 bits per heavy atom. The highest BCUT2D eigenvalue weighted by Crippen LogP contribution is 2.37. The Labute approximate surface area is 202 Å². The van der Waals surface area contributed by atoms with Crippen molar-refractivity contribution in [2.24, 2.45) is 5.92 Å². The summed E-state index contributed by atoms with van der Waals surface area (Å²) in [4.78, 5) is 9.49. The molecule has 170 valence electrons. The first kappa shape index (κ1) is 22.3. The van der Waals surface area contributed by atoms with Crippen LogP contribution in [0.25, 0.3) is 44.1 Å². The van der Waals surface area contributed by atoms with Crippen LogP contribution in [0.15, 0.2) is 85.2 Å². The number of pyridine rings is 2. The van der Waals surface area contributed by atoms with Crippen molar-refractivity contribution in [1.29, 1.82) is 0 Å². The number of fused-ring (bicyclic) bond motifs is 2. The standard InChI is InChI=1S/C32H32N2/c1-21(2)16-22-10-12-23(13-11-22)28-19-31(34-30-9-7-6-8-27(28)30)24-17-25-20-33-15-14-26(25)29(18-24)32(3,4)5/h6-15,17-21H,16H2,1-5H3. The van der Waals surface area contributed by atoms with Crippen molar-refractivity contribution in [2.75, 3.05) is 0 Å². The topological polar surface area (TPSA) is 25.8 Å². The van der Waals surface area contributed by atoms with Crippen LogP contribution in [0.2, 0.25) is 0 Å². The lowest BCUT2D eigenvalue weighted by molar-refractivity contribution is 0.596. The smallest absolute Gasteiger partial charge is 0.0716 e. The molecular formula is C32H32N2. The number of hydrogen-bond donors (Lipinski definition) is 0. The second-order valence-corrected chi connectivity index (χ2v) is 10.7. The van der Waals surface area contributed by atoms with Crippen LogP contribution in [0.4, 0.5) is 0 Å². The molecule has 0 spiro atoms. The van der Waals surface area contributed by atoms with Gasteiger partial charge in [0.2, 0.25) is 0 Å². The van der Waals surface area contributed by atoms with Gasteiger partial charge < -0.3 is 0 Å². The van der Waals surface area contributed by atoms with Crippen molar-refractivity contribution in [3.05, 3.63) is 96.3 Å². The third-order valence-corrected chi connectivity index (χ3v) is 6.48. The molecule has 0 amide bonds. The van der Waals surface area contributed by atoms with Crippen molar-refractivity contribution in [2.45, 2.75) is 46.5 Å². The van der Waals surface area contributed by atoms with Gasteiger partial charge in [0.25, 0.3) is 0 Å². The minimum atomic E-state index is 0.0154. The quantitative estimate of drug-likeness (QED) is 0.277. The van der Waals surface area contributed by atoms with Gasteiger partial charge in [-0.25, -0.2) is 4.98 Å². The van der Waals surface area contributed by atoms with Gasteiger partial charge in [-0.3, -0.25) is 4.98 Å². The van der Waals surface area contributed by atoms with Crippen LogP contribution in [-0.2, 0) is 11.8 Å². The predicted octanol–water partition coefficient (Wildman–Crippen LogP) is 8.61. The maximum atomic E-state index is 5.10. The van der Waals surface area contributed by atoms with E-state index in [2.05, 4.69) is 112 Å². The average molecular weight is 445 g/mol. The molecule has 0 fully saturated rings. The molecule has 34 heavy (non-hydrogen) atoms. The summed E-state index contributed by atoms with van der Waals surface area (Å²) in [5, 5.41) is 3.59. The average Bonchev–Trinajstić information content (AvgIpc) is 2.82. The van der Waals surface area contributed by atoms with Gasteiger partial charge in [0.05, 0.1) is 11.2 Å². The van der Waals surface area contributed by atoms with Crippen molar-refractivity contribution in [3.8, 4) is 22.4 Å². The van der Waals surface area contributed by atoms with E-state index in [-0.39, 0.29) is 5.41 Å². The number of benzene rings is 3. The zero-order chi connectivity index (χ0) is 23.9. The fourth-order valence-corrected chi connectivity index (χ4v) is 4.83. The number of nitrogens with zero attached hydrogens (tertiary/aromatic N) is 2. The lowest BCUT2D eigenvalue weighted by Crippen LogP contribution is -2.12. The lowest BCUT2D eigenvalue weighted by atomic mass is 9.82. The van der Waals surface area contributed by atoms with Gasteiger partial charge in [0.1, 0.15) is 0 Å². The summed E-state index contributed by atoms with van der Waals surface area (Å²) in [7, 11) is 0. The second-order valence-electron chi connectivity index (χ2n) is 10.7. The van der Waals surface area contributed by atoms with Gasteiger partial charge in [0.15, 0.2) is 0 Å². The van der Waals surface area contributed by atoms with E-state index < -0.39 is 0 Å². The Morgan fingerprint density at radius 3 is 2.29 bits per heavy atom. The highest BCUT2D eigenvalue weighted by molar-refractivity contribution is 5.98. The van der Waals surface area contributed by atoms with Crippen LogP contribution in [0.1, 0.15) is 45.7 Å². The molecule has 0 radical (unpaired) electrons. The normalized spacial score (nSPS) is 12.1. The van der Waals surface area contributed by atoms with Crippen LogP contribution in [0, 0.1) is 5.92 Å². The van der Waals surface area contributed by atoms with Gasteiger partial charge in [-0.1, -0.05) is 77.1 Å².